The van der Waals surface area contributed by atoms with Gasteiger partial charge in [-0.05, 0) is 63.1 Å². The molecule has 0 spiro atoms. The Morgan fingerprint density at radius 1 is 1.21 bits per heavy atom. The molecule has 1 fully saturated rings. The summed E-state index contributed by atoms with van der Waals surface area (Å²) in [5.74, 6) is -0.862. The highest BCUT2D eigenvalue weighted by molar-refractivity contribution is 7.92. The van der Waals surface area contributed by atoms with E-state index in [0.29, 0.717) is 28.9 Å². The summed E-state index contributed by atoms with van der Waals surface area (Å²) in [7, 11) is -3.21. The zero-order valence-corrected chi connectivity index (χ0v) is 19.2. The van der Waals surface area contributed by atoms with Crippen LogP contribution in [0.3, 0.4) is 0 Å². The molecule has 2 unspecified atom stereocenters. The first-order valence-corrected chi connectivity index (χ1v) is 12.2. The van der Waals surface area contributed by atoms with Gasteiger partial charge in [0.2, 0.25) is 5.91 Å². The van der Waals surface area contributed by atoms with Gasteiger partial charge in [-0.15, -0.1) is 0 Å². The van der Waals surface area contributed by atoms with Crippen LogP contribution in [0.5, 0.6) is 5.75 Å². The average Bonchev–Trinajstić information content (AvgIpc) is 3.09. The first-order chi connectivity index (χ1) is 15.4. The number of carbonyl (C=O) groups excluding carboxylic acids is 2. The van der Waals surface area contributed by atoms with Crippen molar-refractivity contribution < 1.29 is 31.5 Å². The molecule has 0 radical (unpaired) electrons. The Hall–Kier alpha value is -3.01. The maximum atomic E-state index is 13.3. The van der Waals surface area contributed by atoms with E-state index in [0.717, 1.165) is 0 Å². The zero-order chi connectivity index (χ0) is 24.1. The van der Waals surface area contributed by atoms with Crippen molar-refractivity contribution in [2.45, 2.75) is 50.5 Å². The predicted octanol–water partition coefficient (Wildman–Crippen LogP) is 3.55. The summed E-state index contributed by atoms with van der Waals surface area (Å²) in [5.41, 5.74) is 0.840. The van der Waals surface area contributed by atoms with Crippen molar-refractivity contribution in [3.05, 3.63) is 53.6 Å². The quantitative estimate of drug-likeness (QED) is 0.710. The molecular formula is C23H24F2N2O5S. The summed E-state index contributed by atoms with van der Waals surface area (Å²) in [6.07, 6.45) is 0.355. The Bertz CT molecular complexity index is 1230. The highest BCUT2D eigenvalue weighted by atomic mass is 32.2. The molecule has 0 aliphatic carbocycles. The van der Waals surface area contributed by atoms with Crippen molar-refractivity contribution in [3.63, 3.8) is 0 Å². The van der Waals surface area contributed by atoms with Crippen LogP contribution in [0.15, 0.2) is 42.5 Å². The Morgan fingerprint density at radius 2 is 1.94 bits per heavy atom. The molecular weight excluding hydrogens is 454 g/mol. The molecule has 0 bridgehead atoms. The predicted molar refractivity (Wildman–Crippen MR) is 119 cm³/mol. The minimum atomic E-state index is -3.21. The van der Waals surface area contributed by atoms with Crippen LogP contribution in [0.1, 0.15) is 43.1 Å². The topological polar surface area (TPSA) is 92.8 Å². The third-order valence-corrected chi connectivity index (χ3v) is 8.50. The Balaban J connectivity index is 1.64. The van der Waals surface area contributed by atoms with Crippen LogP contribution < -0.4 is 15.0 Å². The van der Waals surface area contributed by atoms with Gasteiger partial charge in [0.05, 0.1) is 27.8 Å². The Kier molecular flexibility index (Phi) is 5.68. The number of rotatable bonds is 5. The fourth-order valence-corrected chi connectivity index (χ4v) is 6.00. The first kappa shape index (κ1) is 23.2. The average molecular weight is 479 g/mol. The summed E-state index contributed by atoms with van der Waals surface area (Å²) in [6.45, 7) is 2.08. The van der Waals surface area contributed by atoms with Gasteiger partial charge in [-0.25, -0.2) is 8.42 Å². The number of sulfone groups is 1. The minimum absolute atomic E-state index is 0.0710. The maximum Gasteiger partial charge on any atom is 0.387 e. The lowest BCUT2D eigenvalue weighted by molar-refractivity contribution is -0.121. The largest absolute Gasteiger partial charge is 0.435 e. The summed E-state index contributed by atoms with van der Waals surface area (Å²) in [6, 6.07) is 10.2. The monoisotopic (exact) mass is 478 g/mol. The molecule has 0 saturated carbocycles. The summed E-state index contributed by atoms with van der Waals surface area (Å²) < 4.78 is 53.7. The molecule has 10 heteroatoms. The number of alkyl halides is 2. The number of amides is 2. The molecule has 176 valence electrons. The van der Waals surface area contributed by atoms with E-state index in [1.54, 1.807) is 45.0 Å². The second kappa shape index (κ2) is 8.09. The van der Waals surface area contributed by atoms with Crippen LogP contribution in [0, 0.1) is 0 Å². The van der Waals surface area contributed by atoms with Crippen molar-refractivity contribution in [1.29, 1.82) is 0 Å². The number of hydrogen-bond acceptors (Lipinski definition) is 5. The van der Waals surface area contributed by atoms with Gasteiger partial charge < -0.3 is 10.1 Å². The highest BCUT2D eigenvalue weighted by Gasteiger charge is 2.45. The van der Waals surface area contributed by atoms with Crippen LogP contribution >= 0.6 is 0 Å². The van der Waals surface area contributed by atoms with Gasteiger partial charge in [0, 0.05) is 17.7 Å². The van der Waals surface area contributed by atoms with Gasteiger partial charge in [-0.3, -0.25) is 14.5 Å². The molecule has 2 aliphatic rings. The van der Waals surface area contributed by atoms with Crippen molar-refractivity contribution in [2.24, 2.45) is 0 Å². The number of halogens is 2. The Labute approximate surface area is 190 Å². The molecule has 2 amide bonds. The fraction of sp³-hybridized carbons (Fsp3) is 0.391. The maximum absolute atomic E-state index is 13.3. The third kappa shape index (κ3) is 4.19. The molecule has 7 nitrogen and oxygen atoms in total. The van der Waals surface area contributed by atoms with Crippen LogP contribution in [0.25, 0.3) is 0 Å². The number of anilines is 2. The standard InChI is InChI=1S/C23H24F2N2O5S/c1-13-9-15(12-33(13,30)31)26-20(28)14-7-8-19-18(10-14)23(2,3)21(29)27(19)16-5-4-6-17(11-16)32-22(24)25/h4-8,10-11,13,15,22H,9,12H2,1-3H3,(H,26,28). The molecule has 33 heavy (non-hydrogen) atoms. The van der Waals surface area contributed by atoms with Gasteiger partial charge in [0.1, 0.15) is 5.75 Å². The summed E-state index contributed by atoms with van der Waals surface area (Å²) >= 11 is 0. The van der Waals surface area contributed by atoms with Crippen LogP contribution in [-0.4, -0.2) is 43.9 Å². The molecule has 0 aromatic heterocycles. The number of benzene rings is 2. The lowest BCUT2D eigenvalue weighted by Crippen LogP contribution is -2.35. The van der Waals surface area contributed by atoms with Crippen LogP contribution in [0.2, 0.25) is 0 Å². The molecule has 2 aliphatic heterocycles. The van der Waals surface area contributed by atoms with E-state index in [4.69, 9.17) is 0 Å². The normalized spacial score (nSPS) is 23.0. The number of nitrogens with zero attached hydrogens (tertiary/aromatic N) is 1. The third-order valence-electron chi connectivity index (χ3n) is 6.21. The molecule has 2 atom stereocenters. The van der Waals surface area contributed by atoms with Crippen molar-refractivity contribution in [1.82, 2.24) is 5.32 Å². The van der Waals surface area contributed by atoms with Crippen LogP contribution in [-0.2, 0) is 20.0 Å². The molecule has 1 saturated heterocycles. The molecule has 2 heterocycles. The number of carbonyl (C=O) groups is 2. The summed E-state index contributed by atoms with van der Waals surface area (Å²) in [5, 5.41) is 2.27. The molecule has 2 aromatic rings. The van der Waals surface area contributed by atoms with E-state index >= 15 is 0 Å². The lowest BCUT2D eigenvalue weighted by atomic mass is 9.85. The van der Waals surface area contributed by atoms with Gasteiger partial charge in [-0.2, -0.15) is 8.78 Å². The van der Waals surface area contributed by atoms with E-state index in [1.807, 2.05) is 0 Å². The first-order valence-electron chi connectivity index (χ1n) is 10.5. The van der Waals surface area contributed by atoms with Gasteiger partial charge in [0.25, 0.3) is 5.91 Å². The van der Waals surface area contributed by atoms with Crippen molar-refractivity contribution >= 4 is 33.0 Å². The second-order valence-electron chi connectivity index (χ2n) is 8.92. The SMILES string of the molecule is CC1CC(NC(=O)c2ccc3c(c2)C(C)(C)C(=O)N3c2cccc(OC(F)F)c2)CS1(=O)=O. The zero-order valence-electron chi connectivity index (χ0n) is 18.3. The number of ether oxygens (including phenoxy) is 1. The van der Waals surface area contributed by atoms with E-state index < -0.39 is 39.1 Å². The molecule has 4 rings (SSSR count). The van der Waals surface area contributed by atoms with Gasteiger partial charge in [-0.1, -0.05) is 6.07 Å². The smallest absolute Gasteiger partial charge is 0.387 e. The molecule has 2 aromatic carbocycles. The van der Waals surface area contributed by atoms with Crippen LogP contribution in [0.4, 0.5) is 20.2 Å². The summed E-state index contributed by atoms with van der Waals surface area (Å²) in [4.78, 5) is 27.5. The van der Waals surface area contributed by atoms with Gasteiger partial charge in [0.15, 0.2) is 9.84 Å². The number of nitrogens with one attached hydrogen (secondary N) is 1. The molecule has 1 N–H and O–H groups in total. The van der Waals surface area contributed by atoms with Crippen molar-refractivity contribution in [2.75, 3.05) is 10.7 Å². The lowest BCUT2D eigenvalue weighted by Gasteiger charge is -2.21. The highest BCUT2D eigenvalue weighted by Crippen LogP contribution is 2.46. The fourth-order valence-electron chi connectivity index (χ4n) is 4.36. The van der Waals surface area contributed by atoms with E-state index in [9.17, 15) is 26.8 Å². The number of hydrogen-bond donors (Lipinski definition) is 1. The van der Waals surface area contributed by atoms with Gasteiger partial charge >= 0.3 is 6.61 Å². The van der Waals surface area contributed by atoms with Crippen molar-refractivity contribution in [3.8, 4) is 5.75 Å². The van der Waals surface area contributed by atoms with E-state index in [2.05, 4.69) is 10.1 Å². The Morgan fingerprint density at radius 3 is 2.58 bits per heavy atom. The minimum Gasteiger partial charge on any atom is -0.435 e. The number of fused-ring (bicyclic) bond motifs is 1. The second-order valence-corrected chi connectivity index (χ2v) is 11.4. The van der Waals surface area contributed by atoms with E-state index in [-0.39, 0.29) is 17.4 Å². The van der Waals surface area contributed by atoms with E-state index in [1.165, 1.54) is 23.1 Å².